The molecule has 1 atom stereocenters. The van der Waals surface area contributed by atoms with Crippen LogP contribution < -0.4 is 14.8 Å². The minimum absolute atomic E-state index is 0.0800. The molecule has 1 heterocycles. The number of carbonyl (C=O) groups excluding carboxylic acids is 3. The molecule has 0 aliphatic carbocycles. The summed E-state index contributed by atoms with van der Waals surface area (Å²) in [5.74, 6) is -1.74. The molecule has 8 nitrogen and oxygen atoms in total. The Morgan fingerprint density at radius 2 is 1.97 bits per heavy atom. The first kappa shape index (κ1) is 21.0. The van der Waals surface area contributed by atoms with Crippen molar-refractivity contribution in [2.75, 3.05) is 7.11 Å². The summed E-state index contributed by atoms with van der Waals surface area (Å²) < 4.78 is 24.2. The molecule has 1 aliphatic heterocycles. The average molecular weight is 413 g/mol. The molecular formula is C21H20FN3O5. The van der Waals surface area contributed by atoms with Crippen molar-refractivity contribution in [3.05, 3.63) is 59.4 Å². The van der Waals surface area contributed by atoms with E-state index < -0.39 is 29.3 Å². The molecule has 0 radical (unpaired) electrons. The number of amides is 3. The molecule has 1 fully saturated rings. The Hall–Kier alpha value is -3.75. The summed E-state index contributed by atoms with van der Waals surface area (Å²) in [6, 6.07) is 9.35. The van der Waals surface area contributed by atoms with Gasteiger partial charge in [-0.1, -0.05) is 19.1 Å². The van der Waals surface area contributed by atoms with E-state index in [2.05, 4.69) is 10.4 Å². The SMILES string of the molecule is CCC1(C)NC(=O)N(/N=C/c2ccc(OC(=O)c3ccccc3F)c(OC)c2)C1=O. The van der Waals surface area contributed by atoms with Gasteiger partial charge < -0.3 is 14.8 Å². The molecule has 0 saturated carbocycles. The molecule has 9 heteroatoms. The summed E-state index contributed by atoms with van der Waals surface area (Å²) in [6.45, 7) is 3.42. The molecule has 3 amide bonds. The molecule has 2 aromatic rings. The minimum Gasteiger partial charge on any atom is -0.493 e. The first-order chi connectivity index (χ1) is 14.3. The van der Waals surface area contributed by atoms with E-state index in [0.29, 0.717) is 12.0 Å². The van der Waals surface area contributed by atoms with E-state index in [1.807, 2.05) is 0 Å². The van der Waals surface area contributed by atoms with Gasteiger partial charge in [-0.3, -0.25) is 4.79 Å². The first-order valence-electron chi connectivity index (χ1n) is 9.14. The van der Waals surface area contributed by atoms with Gasteiger partial charge in [0.05, 0.1) is 18.9 Å². The molecule has 0 spiro atoms. The van der Waals surface area contributed by atoms with E-state index in [9.17, 15) is 18.8 Å². The van der Waals surface area contributed by atoms with Crippen LogP contribution in [0.15, 0.2) is 47.6 Å². The fourth-order valence-corrected chi connectivity index (χ4v) is 2.77. The second kappa shape index (κ2) is 8.32. The van der Waals surface area contributed by atoms with Crippen molar-refractivity contribution in [1.82, 2.24) is 10.3 Å². The molecule has 1 unspecified atom stereocenters. The van der Waals surface area contributed by atoms with Crippen molar-refractivity contribution in [3.63, 3.8) is 0 Å². The monoisotopic (exact) mass is 413 g/mol. The summed E-state index contributed by atoms with van der Waals surface area (Å²) in [4.78, 5) is 36.6. The molecule has 0 aromatic heterocycles. The van der Waals surface area contributed by atoms with Gasteiger partial charge in [0, 0.05) is 0 Å². The standard InChI is InChI=1S/C21H20FN3O5/c1-4-21(2)19(27)25(20(28)24-21)23-12-13-9-10-16(17(11-13)29-3)30-18(26)14-7-5-6-8-15(14)22/h5-12H,4H2,1-3H3,(H,24,28)/b23-12+. The van der Waals surface area contributed by atoms with Crippen molar-refractivity contribution >= 4 is 24.1 Å². The number of hydrazone groups is 1. The summed E-state index contributed by atoms with van der Waals surface area (Å²) >= 11 is 0. The number of nitrogens with one attached hydrogen (secondary N) is 1. The number of benzene rings is 2. The second-order valence-electron chi connectivity index (χ2n) is 6.76. The third-order valence-corrected chi connectivity index (χ3v) is 4.75. The third-order valence-electron chi connectivity index (χ3n) is 4.75. The van der Waals surface area contributed by atoms with Crippen molar-refractivity contribution in [2.45, 2.75) is 25.8 Å². The smallest absolute Gasteiger partial charge is 0.346 e. The zero-order valence-electron chi connectivity index (χ0n) is 16.6. The molecule has 1 aliphatic rings. The van der Waals surface area contributed by atoms with Gasteiger partial charge in [-0.25, -0.2) is 14.0 Å². The maximum atomic E-state index is 13.8. The van der Waals surface area contributed by atoms with E-state index in [4.69, 9.17) is 9.47 Å². The van der Waals surface area contributed by atoms with Crippen LogP contribution in [0.4, 0.5) is 9.18 Å². The Labute approximate surface area is 172 Å². The Morgan fingerprint density at radius 3 is 2.60 bits per heavy atom. The Bertz CT molecular complexity index is 1040. The van der Waals surface area contributed by atoms with Crippen LogP contribution in [0.5, 0.6) is 11.5 Å². The van der Waals surface area contributed by atoms with Crippen LogP contribution in [0.3, 0.4) is 0 Å². The highest BCUT2D eigenvalue weighted by Crippen LogP contribution is 2.29. The summed E-state index contributed by atoms with van der Waals surface area (Å²) in [5.41, 5.74) is -0.706. The van der Waals surface area contributed by atoms with Crippen molar-refractivity contribution in [3.8, 4) is 11.5 Å². The number of hydrogen-bond donors (Lipinski definition) is 1. The van der Waals surface area contributed by atoms with Gasteiger partial charge >= 0.3 is 12.0 Å². The van der Waals surface area contributed by atoms with Gasteiger partial charge in [0.2, 0.25) is 0 Å². The molecule has 2 aromatic carbocycles. The first-order valence-corrected chi connectivity index (χ1v) is 9.14. The largest absolute Gasteiger partial charge is 0.493 e. The molecular weight excluding hydrogens is 393 g/mol. The fraction of sp³-hybridized carbons (Fsp3) is 0.238. The highest BCUT2D eigenvalue weighted by Gasteiger charge is 2.46. The average Bonchev–Trinajstić information content (AvgIpc) is 2.96. The Balaban J connectivity index is 1.78. The van der Waals surface area contributed by atoms with Gasteiger partial charge in [-0.05, 0) is 49.2 Å². The Kier molecular flexibility index (Phi) is 5.81. The third kappa shape index (κ3) is 4.00. The van der Waals surface area contributed by atoms with Crippen molar-refractivity contribution < 1.29 is 28.2 Å². The quantitative estimate of drug-likeness (QED) is 0.340. The number of carbonyl (C=O) groups is 3. The number of imide groups is 1. The molecule has 156 valence electrons. The van der Waals surface area contributed by atoms with Crippen LogP contribution in [0.1, 0.15) is 36.2 Å². The van der Waals surface area contributed by atoms with E-state index in [0.717, 1.165) is 11.1 Å². The zero-order chi connectivity index (χ0) is 21.9. The summed E-state index contributed by atoms with van der Waals surface area (Å²) in [5, 5.41) is 7.32. The maximum absolute atomic E-state index is 13.8. The molecule has 3 rings (SSSR count). The van der Waals surface area contributed by atoms with Gasteiger partial charge in [-0.15, -0.1) is 5.01 Å². The lowest BCUT2D eigenvalue weighted by atomic mass is 10.00. The highest BCUT2D eigenvalue weighted by atomic mass is 19.1. The number of hydrogen-bond acceptors (Lipinski definition) is 6. The second-order valence-corrected chi connectivity index (χ2v) is 6.76. The topological polar surface area (TPSA) is 97.3 Å². The summed E-state index contributed by atoms with van der Waals surface area (Å²) in [7, 11) is 1.38. The van der Waals surface area contributed by atoms with Crippen LogP contribution in [-0.4, -0.2) is 41.8 Å². The number of urea groups is 1. The van der Waals surface area contributed by atoms with Crippen LogP contribution in [-0.2, 0) is 4.79 Å². The maximum Gasteiger partial charge on any atom is 0.346 e. The van der Waals surface area contributed by atoms with Gasteiger partial charge in [0.25, 0.3) is 5.91 Å². The lowest BCUT2D eigenvalue weighted by molar-refractivity contribution is -0.130. The van der Waals surface area contributed by atoms with Gasteiger partial charge in [0.15, 0.2) is 11.5 Å². The molecule has 1 N–H and O–H groups in total. The highest BCUT2D eigenvalue weighted by molar-refractivity contribution is 6.07. The molecule has 1 saturated heterocycles. The predicted octanol–water partition coefficient (Wildman–Crippen LogP) is 3.11. The van der Waals surface area contributed by atoms with E-state index in [1.165, 1.54) is 43.7 Å². The lowest BCUT2D eigenvalue weighted by Crippen LogP contribution is -2.42. The Morgan fingerprint density at radius 1 is 1.23 bits per heavy atom. The van der Waals surface area contributed by atoms with Gasteiger partial charge in [0.1, 0.15) is 11.4 Å². The van der Waals surface area contributed by atoms with Crippen LogP contribution in [0, 0.1) is 5.82 Å². The van der Waals surface area contributed by atoms with Crippen molar-refractivity contribution in [1.29, 1.82) is 0 Å². The van der Waals surface area contributed by atoms with Crippen LogP contribution in [0.2, 0.25) is 0 Å². The fourth-order valence-electron chi connectivity index (χ4n) is 2.77. The number of rotatable bonds is 6. The van der Waals surface area contributed by atoms with E-state index >= 15 is 0 Å². The minimum atomic E-state index is -0.989. The van der Waals surface area contributed by atoms with Gasteiger partial charge in [-0.2, -0.15) is 5.10 Å². The zero-order valence-corrected chi connectivity index (χ0v) is 16.6. The van der Waals surface area contributed by atoms with Crippen LogP contribution in [0.25, 0.3) is 0 Å². The number of methoxy groups -OCH3 is 1. The number of esters is 1. The van der Waals surface area contributed by atoms with Crippen LogP contribution >= 0.6 is 0 Å². The van der Waals surface area contributed by atoms with E-state index in [1.54, 1.807) is 19.9 Å². The number of halogens is 1. The lowest BCUT2D eigenvalue weighted by Gasteiger charge is -2.17. The normalized spacial score (nSPS) is 18.6. The summed E-state index contributed by atoms with van der Waals surface area (Å²) in [6.07, 6.45) is 1.74. The molecule has 0 bridgehead atoms. The predicted molar refractivity (Wildman–Crippen MR) is 106 cm³/mol. The van der Waals surface area contributed by atoms with Crippen molar-refractivity contribution in [2.24, 2.45) is 5.10 Å². The molecule has 30 heavy (non-hydrogen) atoms. The number of ether oxygens (including phenoxy) is 2. The van der Waals surface area contributed by atoms with E-state index in [-0.39, 0.29) is 17.1 Å². The number of nitrogens with zero attached hydrogens (tertiary/aromatic N) is 2.